The maximum Gasteiger partial charge on any atom is 0.0266 e. The molecule has 2 nitrogen and oxygen atoms in total. The Labute approximate surface area is 145 Å². The second kappa shape index (κ2) is 9.66. The summed E-state index contributed by atoms with van der Waals surface area (Å²) < 4.78 is 0. The van der Waals surface area contributed by atoms with Crippen molar-refractivity contribution in [3.05, 3.63) is 96.1 Å². The lowest BCUT2D eigenvalue weighted by atomic mass is 10.0. The molecule has 2 heteroatoms. The Hall–Kier alpha value is -2.42. The Bertz CT molecular complexity index is 689. The summed E-state index contributed by atoms with van der Waals surface area (Å²) in [6, 6.07) is 29.2. The average Bonchev–Trinajstić information content (AvgIpc) is 2.65. The Morgan fingerprint density at radius 1 is 0.708 bits per heavy atom. The van der Waals surface area contributed by atoms with Gasteiger partial charge in [0.1, 0.15) is 0 Å². The second-order valence-corrected chi connectivity index (χ2v) is 5.80. The molecule has 0 heterocycles. The summed E-state index contributed by atoms with van der Waals surface area (Å²) >= 11 is 0. The normalized spacial score (nSPS) is 11.3. The van der Waals surface area contributed by atoms with Crippen LogP contribution in [0.15, 0.2) is 84.9 Å². The van der Waals surface area contributed by atoms with Crippen molar-refractivity contribution in [1.82, 2.24) is 0 Å². The topological polar surface area (TPSA) is 52.0 Å². The fraction of sp³-hybridized carbons (Fsp3) is 0.182. The van der Waals surface area contributed by atoms with Crippen LogP contribution in [0.25, 0.3) is 11.1 Å². The molecule has 0 fully saturated rings. The van der Waals surface area contributed by atoms with Gasteiger partial charge in [-0.3, -0.25) is 0 Å². The first-order valence-electron chi connectivity index (χ1n) is 8.35. The van der Waals surface area contributed by atoms with Crippen molar-refractivity contribution in [2.24, 2.45) is 11.5 Å². The van der Waals surface area contributed by atoms with Gasteiger partial charge < -0.3 is 11.5 Å². The Morgan fingerprint density at radius 3 is 1.67 bits per heavy atom. The molecule has 1 atom stereocenters. The molecule has 0 bridgehead atoms. The summed E-state index contributed by atoms with van der Waals surface area (Å²) in [5, 5.41) is 0. The van der Waals surface area contributed by atoms with Crippen LogP contribution in [0.1, 0.15) is 24.1 Å². The molecule has 124 valence electrons. The first-order valence-corrected chi connectivity index (χ1v) is 8.35. The fourth-order valence-corrected chi connectivity index (χ4v) is 2.42. The highest BCUT2D eigenvalue weighted by Gasteiger charge is 1.96. The number of benzene rings is 3. The smallest absolute Gasteiger partial charge is 0.0266 e. The van der Waals surface area contributed by atoms with Crippen molar-refractivity contribution in [1.29, 1.82) is 0 Å². The van der Waals surface area contributed by atoms with Crippen molar-refractivity contribution in [2.45, 2.75) is 19.4 Å². The van der Waals surface area contributed by atoms with Gasteiger partial charge in [0.05, 0.1) is 0 Å². The highest BCUT2D eigenvalue weighted by atomic mass is 14.6. The fourth-order valence-electron chi connectivity index (χ4n) is 2.42. The number of rotatable bonds is 4. The van der Waals surface area contributed by atoms with Crippen molar-refractivity contribution in [3.8, 4) is 11.1 Å². The van der Waals surface area contributed by atoms with Crippen molar-refractivity contribution >= 4 is 0 Å². The van der Waals surface area contributed by atoms with Crippen LogP contribution in [0.5, 0.6) is 0 Å². The minimum atomic E-state index is 0.159. The van der Waals surface area contributed by atoms with E-state index >= 15 is 0 Å². The number of hydrogen-bond acceptors (Lipinski definition) is 2. The molecule has 4 N–H and O–H groups in total. The summed E-state index contributed by atoms with van der Waals surface area (Å²) in [4.78, 5) is 0. The summed E-state index contributed by atoms with van der Waals surface area (Å²) in [6.07, 6.45) is 0.953. The molecular weight excluding hydrogens is 292 g/mol. The first-order chi connectivity index (χ1) is 11.7. The quantitative estimate of drug-likeness (QED) is 0.741. The van der Waals surface area contributed by atoms with Crippen LogP contribution >= 0.6 is 0 Å². The van der Waals surface area contributed by atoms with Crippen LogP contribution in [0.4, 0.5) is 0 Å². The van der Waals surface area contributed by atoms with Crippen LogP contribution in [-0.4, -0.2) is 6.54 Å². The molecule has 0 spiro atoms. The van der Waals surface area contributed by atoms with E-state index in [-0.39, 0.29) is 6.04 Å². The maximum absolute atomic E-state index is 5.61. The Kier molecular flexibility index (Phi) is 7.21. The number of nitrogens with two attached hydrogens (primary N) is 2. The van der Waals surface area contributed by atoms with Gasteiger partial charge in [0.15, 0.2) is 0 Å². The monoisotopic (exact) mass is 318 g/mol. The van der Waals surface area contributed by atoms with Gasteiger partial charge in [-0.1, -0.05) is 84.9 Å². The van der Waals surface area contributed by atoms with E-state index in [2.05, 4.69) is 48.5 Å². The van der Waals surface area contributed by atoms with Gasteiger partial charge in [-0.05, 0) is 42.1 Å². The van der Waals surface area contributed by atoms with Gasteiger partial charge in [-0.15, -0.1) is 0 Å². The minimum Gasteiger partial charge on any atom is -0.330 e. The Morgan fingerprint density at radius 2 is 1.21 bits per heavy atom. The first kappa shape index (κ1) is 17.9. The number of hydrogen-bond donors (Lipinski definition) is 2. The van der Waals surface area contributed by atoms with Gasteiger partial charge in [0.2, 0.25) is 0 Å². The molecule has 1 unspecified atom stereocenters. The van der Waals surface area contributed by atoms with Gasteiger partial charge in [-0.25, -0.2) is 0 Å². The molecule has 0 radical (unpaired) electrons. The van der Waals surface area contributed by atoms with E-state index < -0.39 is 0 Å². The summed E-state index contributed by atoms with van der Waals surface area (Å²) in [6.45, 7) is 2.69. The summed E-state index contributed by atoms with van der Waals surface area (Å²) in [5.41, 5.74) is 16.1. The lowest BCUT2D eigenvalue weighted by molar-refractivity contribution is 0.818. The van der Waals surface area contributed by atoms with Gasteiger partial charge >= 0.3 is 0 Å². The highest BCUT2D eigenvalue weighted by Crippen LogP contribution is 2.19. The van der Waals surface area contributed by atoms with E-state index in [1.165, 1.54) is 22.3 Å². The molecule has 0 amide bonds. The van der Waals surface area contributed by atoms with Gasteiger partial charge in [0, 0.05) is 6.04 Å². The highest BCUT2D eigenvalue weighted by molar-refractivity contribution is 5.63. The zero-order valence-corrected chi connectivity index (χ0v) is 14.2. The molecule has 0 aliphatic heterocycles. The largest absolute Gasteiger partial charge is 0.330 e. The molecule has 24 heavy (non-hydrogen) atoms. The standard InChI is InChI=1S/C14H15N.C8H11N/c15-11-10-12-6-8-14(9-7-12)13-4-2-1-3-5-13;1-7(9)8-5-3-2-4-6-8/h1-9H,10-11,15H2;2-7H,9H2,1H3. The SMILES string of the molecule is CC(N)c1ccccc1.NCCc1ccc(-c2ccccc2)cc1. The summed E-state index contributed by atoms with van der Waals surface area (Å²) in [7, 11) is 0. The maximum atomic E-state index is 5.61. The third-order valence-corrected chi connectivity index (χ3v) is 3.82. The molecular formula is C22H26N2. The van der Waals surface area contributed by atoms with E-state index in [9.17, 15) is 0 Å². The molecule has 0 saturated heterocycles. The van der Waals surface area contributed by atoms with E-state index in [0.717, 1.165) is 6.42 Å². The van der Waals surface area contributed by atoms with Crippen molar-refractivity contribution in [3.63, 3.8) is 0 Å². The van der Waals surface area contributed by atoms with Crippen LogP contribution in [-0.2, 0) is 6.42 Å². The predicted octanol–water partition coefficient (Wildman–Crippen LogP) is 4.56. The zero-order chi connectivity index (χ0) is 17.2. The molecule has 0 aliphatic rings. The van der Waals surface area contributed by atoms with Crippen molar-refractivity contribution in [2.75, 3.05) is 6.54 Å². The van der Waals surface area contributed by atoms with Gasteiger partial charge in [-0.2, -0.15) is 0 Å². The zero-order valence-electron chi connectivity index (χ0n) is 14.2. The van der Waals surface area contributed by atoms with E-state index in [1.54, 1.807) is 0 Å². The summed E-state index contributed by atoms with van der Waals surface area (Å²) in [5.74, 6) is 0. The lowest BCUT2D eigenvalue weighted by Gasteiger charge is -2.03. The third-order valence-electron chi connectivity index (χ3n) is 3.82. The van der Waals surface area contributed by atoms with Crippen LogP contribution in [0.2, 0.25) is 0 Å². The predicted molar refractivity (Wildman–Crippen MR) is 104 cm³/mol. The molecule has 0 aromatic heterocycles. The molecule has 3 rings (SSSR count). The molecule has 0 aliphatic carbocycles. The van der Waals surface area contributed by atoms with E-state index in [1.807, 2.05) is 43.3 Å². The van der Waals surface area contributed by atoms with Crippen LogP contribution in [0.3, 0.4) is 0 Å². The minimum absolute atomic E-state index is 0.159. The van der Waals surface area contributed by atoms with E-state index in [0.29, 0.717) is 6.54 Å². The van der Waals surface area contributed by atoms with Crippen LogP contribution in [0, 0.1) is 0 Å². The third kappa shape index (κ3) is 5.65. The van der Waals surface area contributed by atoms with Crippen molar-refractivity contribution < 1.29 is 0 Å². The molecule has 3 aromatic rings. The molecule has 3 aromatic carbocycles. The van der Waals surface area contributed by atoms with E-state index in [4.69, 9.17) is 11.5 Å². The molecule has 0 saturated carbocycles. The average molecular weight is 318 g/mol. The van der Waals surface area contributed by atoms with Gasteiger partial charge in [0.25, 0.3) is 0 Å². The van der Waals surface area contributed by atoms with Crippen LogP contribution < -0.4 is 11.5 Å². The second-order valence-electron chi connectivity index (χ2n) is 5.80. The Balaban J connectivity index is 0.000000198. The lowest BCUT2D eigenvalue weighted by Crippen LogP contribution is -2.03.